The molecule has 1 saturated heterocycles. The minimum atomic E-state index is -0.736. The predicted octanol–water partition coefficient (Wildman–Crippen LogP) is -0.0246. The maximum atomic E-state index is 10.7. The minimum absolute atomic E-state index is 0.160. The average Bonchev–Trinajstić information content (AvgIpc) is 2.75. The van der Waals surface area contributed by atoms with Crippen LogP contribution in [-0.4, -0.2) is 69.9 Å². The first-order valence-electron chi connectivity index (χ1n) is 6.38. The summed E-state index contributed by atoms with van der Waals surface area (Å²) in [5, 5.41) is 13.0. The fourth-order valence-corrected chi connectivity index (χ4v) is 2.27. The van der Waals surface area contributed by atoms with Gasteiger partial charge in [-0.3, -0.25) is 14.4 Å². The van der Waals surface area contributed by atoms with Crippen LogP contribution in [0.2, 0.25) is 0 Å². The highest BCUT2D eigenvalue weighted by Gasteiger charge is 2.16. The lowest BCUT2D eigenvalue weighted by molar-refractivity contribution is -0.138. The minimum Gasteiger partial charge on any atom is -0.480 e. The third-order valence-electron chi connectivity index (χ3n) is 3.24. The maximum absolute atomic E-state index is 10.7. The Morgan fingerprint density at radius 3 is 2.67 bits per heavy atom. The number of carboxylic acids is 1. The van der Waals surface area contributed by atoms with Crippen molar-refractivity contribution in [2.45, 2.75) is 13.0 Å². The Kier molecular flexibility index (Phi) is 4.72. The van der Waals surface area contributed by atoms with Crippen LogP contribution in [0.5, 0.6) is 0 Å². The van der Waals surface area contributed by atoms with Crippen LogP contribution in [0.1, 0.15) is 6.42 Å². The molecule has 1 aromatic heterocycles. The zero-order valence-corrected chi connectivity index (χ0v) is 10.5. The van der Waals surface area contributed by atoms with Gasteiger partial charge in [0.1, 0.15) is 0 Å². The van der Waals surface area contributed by atoms with Crippen LogP contribution in [-0.2, 0) is 11.3 Å². The largest absolute Gasteiger partial charge is 0.480 e. The topological polar surface area (TPSA) is 61.6 Å². The standard InChI is InChI=1S/C12H20N4O2/c17-12(18)11-15-5-2-4-14(7-8-15)9-10-16-6-1-3-13-16/h1,3,6H,2,4-5,7-11H2,(H,17,18). The first-order chi connectivity index (χ1) is 8.74. The Morgan fingerprint density at radius 2 is 1.94 bits per heavy atom. The monoisotopic (exact) mass is 252 g/mol. The van der Waals surface area contributed by atoms with E-state index in [1.165, 1.54) is 0 Å². The molecular formula is C12H20N4O2. The number of hydrogen-bond acceptors (Lipinski definition) is 4. The van der Waals surface area contributed by atoms with Gasteiger partial charge < -0.3 is 10.0 Å². The highest BCUT2D eigenvalue weighted by molar-refractivity contribution is 5.69. The summed E-state index contributed by atoms with van der Waals surface area (Å²) >= 11 is 0. The van der Waals surface area contributed by atoms with Crippen LogP contribution in [0.4, 0.5) is 0 Å². The first-order valence-corrected chi connectivity index (χ1v) is 6.38. The highest BCUT2D eigenvalue weighted by Crippen LogP contribution is 2.03. The molecule has 1 aliphatic heterocycles. The summed E-state index contributed by atoms with van der Waals surface area (Å²) in [6, 6.07) is 1.93. The van der Waals surface area contributed by atoms with Gasteiger partial charge in [0.2, 0.25) is 0 Å². The molecule has 0 amide bonds. The van der Waals surface area contributed by atoms with Gasteiger partial charge in [-0.25, -0.2) is 0 Å². The van der Waals surface area contributed by atoms with E-state index in [-0.39, 0.29) is 6.54 Å². The Bertz CT molecular complexity index is 366. The van der Waals surface area contributed by atoms with Gasteiger partial charge in [-0.2, -0.15) is 5.10 Å². The predicted molar refractivity (Wildman–Crippen MR) is 67.4 cm³/mol. The fraction of sp³-hybridized carbons (Fsp3) is 0.667. The molecular weight excluding hydrogens is 232 g/mol. The summed E-state index contributed by atoms with van der Waals surface area (Å²) in [4.78, 5) is 15.1. The molecule has 6 nitrogen and oxygen atoms in total. The van der Waals surface area contributed by atoms with Gasteiger partial charge >= 0.3 is 5.97 Å². The van der Waals surface area contributed by atoms with Gasteiger partial charge in [-0.05, 0) is 19.0 Å². The number of aliphatic carboxylic acids is 1. The SMILES string of the molecule is O=C(O)CN1CCCN(CCn2cccn2)CC1. The Hall–Kier alpha value is -1.40. The van der Waals surface area contributed by atoms with Crippen molar-refractivity contribution < 1.29 is 9.90 Å². The van der Waals surface area contributed by atoms with Crippen LogP contribution in [0.15, 0.2) is 18.5 Å². The quantitative estimate of drug-likeness (QED) is 0.797. The van der Waals surface area contributed by atoms with Crippen LogP contribution in [0.25, 0.3) is 0 Å². The van der Waals surface area contributed by atoms with Gasteiger partial charge in [0.15, 0.2) is 0 Å². The third-order valence-corrected chi connectivity index (χ3v) is 3.24. The lowest BCUT2D eigenvalue weighted by atomic mass is 10.4. The number of aromatic nitrogens is 2. The molecule has 0 radical (unpaired) electrons. The number of hydrogen-bond donors (Lipinski definition) is 1. The van der Waals surface area contributed by atoms with Gasteiger partial charge in [-0.15, -0.1) is 0 Å². The van der Waals surface area contributed by atoms with Gasteiger partial charge in [0, 0.05) is 38.6 Å². The lowest BCUT2D eigenvalue weighted by Gasteiger charge is -2.20. The molecule has 0 bridgehead atoms. The van der Waals surface area contributed by atoms with E-state index >= 15 is 0 Å². The third kappa shape index (κ3) is 4.12. The molecule has 1 aliphatic rings. The van der Waals surface area contributed by atoms with Gasteiger partial charge in [0.25, 0.3) is 0 Å². The highest BCUT2D eigenvalue weighted by atomic mass is 16.4. The smallest absolute Gasteiger partial charge is 0.317 e. The molecule has 1 aromatic rings. The zero-order chi connectivity index (χ0) is 12.8. The van der Waals surface area contributed by atoms with Crippen molar-refractivity contribution in [3.8, 4) is 0 Å². The molecule has 0 atom stereocenters. The Balaban J connectivity index is 1.73. The van der Waals surface area contributed by atoms with Crippen molar-refractivity contribution in [1.82, 2.24) is 19.6 Å². The normalized spacial score (nSPS) is 18.7. The molecule has 2 rings (SSSR count). The molecule has 6 heteroatoms. The first kappa shape index (κ1) is 13.0. The van der Waals surface area contributed by atoms with E-state index in [0.717, 1.165) is 45.7 Å². The van der Waals surface area contributed by atoms with E-state index in [1.807, 2.05) is 21.8 Å². The van der Waals surface area contributed by atoms with Crippen molar-refractivity contribution in [2.24, 2.45) is 0 Å². The second-order valence-corrected chi connectivity index (χ2v) is 4.63. The summed E-state index contributed by atoms with van der Waals surface area (Å²) in [6.07, 6.45) is 4.79. The van der Waals surface area contributed by atoms with Gasteiger partial charge in [0.05, 0.1) is 13.1 Å². The average molecular weight is 252 g/mol. The molecule has 100 valence electrons. The summed E-state index contributed by atoms with van der Waals surface area (Å²) in [5.74, 6) is -0.736. The molecule has 0 unspecified atom stereocenters. The summed E-state index contributed by atoms with van der Waals surface area (Å²) in [5.41, 5.74) is 0. The zero-order valence-electron chi connectivity index (χ0n) is 10.5. The van der Waals surface area contributed by atoms with E-state index in [1.54, 1.807) is 6.20 Å². The van der Waals surface area contributed by atoms with E-state index in [0.29, 0.717) is 0 Å². The number of rotatable bonds is 5. The molecule has 0 saturated carbocycles. The number of nitrogens with zero attached hydrogens (tertiary/aromatic N) is 4. The second kappa shape index (κ2) is 6.51. The molecule has 0 aromatic carbocycles. The van der Waals surface area contributed by atoms with Crippen molar-refractivity contribution >= 4 is 5.97 Å². The summed E-state index contributed by atoms with van der Waals surface area (Å²) in [7, 11) is 0. The van der Waals surface area contributed by atoms with E-state index in [9.17, 15) is 4.79 Å². The van der Waals surface area contributed by atoms with Crippen molar-refractivity contribution in [3.63, 3.8) is 0 Å². The second-order valence-electron chi connectivity index (χ2n) is 4.63. The molecule has 18 heavy (non-hydrogen) atoms. The Labute approximate surface area is 107 Å². The molecule has 2 heterocycles. The molecule has 1 fully saturated rings. The molecule has 1 N–H and O–H groups in total. The number of carboxylic acid groups (broad SMARTS) is 1. The Morgan fingerprint density at radius 1 is 1.17 bits per heavy atom. The van der Waals surface area contributed by atoms with Crippen molar-refractivity contribution in [1.29, 1.82) is 0 Å². The van der Waals surface area contributed by atoms with Crippen LogP contribution in [0, 0.1) is 0 Å². The van der Waals surface area contributed by atoms with E-state index < -0.39 is 5.97 Å². The maximum Gasteiger partial charge on any atom is 0.317 e. The van der Waals surface area contributed by atoms with Crippen molar-refractivity contribution in [3.05, 3.63) is 18.5 Å². The van der Waals surface area contributed by atoms with Crippen LogP contribution < -0.4 is 0 Å². The fourth-order valence-electron chi connectivity index (χ4n) is 2.27. The molecule has 0 spiro atoms. The number of carbonyl (C=O) groups is 1. The van der Waals surface area contributed by atoms with Crippen LogP contribution >= 0.6 is 0 Å². The van der Waals surface area contributed by atoms with Crippen LogP contribution in [0.3, 0.4) is 0 Å². The van der Waals surface area contributed by atoms with Gasteiger partial charge in [-0.1, -0.05) is 0 Å². The van der Waals surface area contributed by atoms with Crippen molar-refractivity contribution in [2.75, 3.05) is 39.3 Å². The lowest BCUT2D eigenvalue weighted by Crippen LogP contribution is -2.35. The molecule has 0 aliphatic carbocycles. The summed E-state index contributed by atoms with van der Waals surface area (Å²) < 4.78 is 1.93. The van der Waals surface area contributed by atoms with E-state index in [4.69, 9.17) is 5.11 Å². The summed E-state index contributed by atoms with van der Waals surface area (Å²) in [6.45, 7) is 5.73. The van der Waals surface area contributed by atoms with E-state index in [2.05, 4.69) is 10.00 Å².